The van der Waals surface area contributed by atoms with E-state index in [-0.39, 0.29) is 18.0 Å². The van der Waals surface area contributed by atoms with Crippen molar-refractivity contribution in [3.05, 3.63) is 53.9 Å². The van der Waals surface area contributed by atoms with Crippen LogP contribution in [0.5, 0.6) is 5.75 Å². The fourth-order valence-corrected chi connectivity index (χ4v) is 1.37. The van der Waals surface area contributed by atoms with Gasteiger partial charge in [0.15, 0.2) is 0 Å². The van der Waals surface area contributed by atoms with Crippen LogP contribution in [0.4, 0.5) is 14.5 Å². The molecule has 0 spiro atoms. The Labute approximate surface area is 96.7 Å². The second kappa shape index (κ2) is 4.78. The molecular weight excluding hydrogens is 226 g/mol. The number of nitrogens with one attached hydrogen (secondary N) is 1. The highest BCUT2D eigenvalue weighted by Gasteiger charge is 2.07. The highest BCUT2D eigenvalue weighted by molar-refractivity contribution is 5.46. The number of anilines is 1. The maximum absolute atomic E-state index is 13.3. The van der Waals surface area contributed by atoms with E-state index in [1.165, 1.54) is 30.5 Å². The van der Waals surface area contributed by atoms with Crippen molar-refractivity contribution in [2.24, 2.45) is 0 Å². The molecule has 0 atom stereocenters. The third-order valence-corrected chi connectivity index (χ3v) is 2.22. The highest BCUT2D eigenvalue weighted by atomic mass is 19.1. The first kappa shape index (κ1) is 11.3. The molecule has 0 aliphatic heterocycles. The van der Waals surface area contributed by atoms with Crippen LogP contribution < -0.4 is 5.32 Å². The van der Waals surface area contributed by atoms with Crippen molar-refractivity contribution in [3.8, 4) is 5.75 Å². The molecule has 0 fully saturated rings. The molecule has 0 amide bonds. The van der Waals surface area contributed by atoms with Gasteiger partial charge in [-0.2, -0.15) is 0 Å². The summed E-state index contributed by atoms with van der Waals surface area (Å²) in [5, 5.41) is 11.7. The SMILES string of the molecule is Oc1ccc(CNc2c(F)cccc2F)nc1. The fourth-order valence-electron chi connectivity index (χ4n) is 1.37. The summed E-state index contributed by atoms with van der Waals surface area (Å²) < 4.78 is 26.5. The first-order chi connectivity index (χ1) is 8.16. The molecule has 5 heteroatoms. The molecule has 0 radical (unpaired) electrons. The van der Waals surface area contributed by atoms with E-state index in [0.29, 0.717) is 5.69 Å². The van der Waals surface area contributed by atoms with Crippen molar-refractivity contribution in [1.82, 2.24) is 4.98 Å². The van der Waals surface area contributed by atoms with Crippen molar-refractivity contribution in [2.75, 3.05) is 5.32 Å². The van der Waals surface area contributed by atoms with Crippen LogP contribution in [0.2, 0.25) is 0 Å². The molecule has 0 saturated carbocycles. The number of benzene rings is 1. The van der Waals surface area contributed by atoms with E-state index in [9.17, 15) is 8.78 Å². The van der Waals surface area contributed by atoms with Gasteiger partial charge in [0.1, 0.15) is 23.1 Å². The Balaban J connectivity index is 2.10. The molecule has 0 unspecified atom stereocenters. The van der Waals surface area contributed by atoms with Gasteiger partial charge in [0.25, 0.3) is 0 Å². The largest absolute Gasteiger partial charge is 0.506 e. The predicted molar refractivity (Wildman–Crippen MR) is 59.6 cm³/mol. The van der Waals surface area contributed by atoms with Crippen LogP contribution in [-0.4, -0.2) is 10.1 Å². The van der Waals surface area contributed by atoms with Crippen molar-refractivity contribution in [3.63, 3.8) is 0 Å². The van der Waals surface area contributed by atoms with E-state index in [0.717, 1.165) is 0 Å². The lowest BCUT2D eigenvalue weighted by Crippen LogP contribution is -2.04. The summed E-state index contributed by atoms with van der Waals surface area (Å²) in [7, 11) is 0. The molecule has 2 rings (SSSR count). The molecule has 2 aromatic rings. The van der Waals surface area contributed by atoms with Gasteiger partial charge in [-0.05, 0) is 24.3 Å². The fraction of sp³-hybridized carbons (Fsp3) is 0.0833. The number of aromatic hydroxyl groups is 1. The molecule has 1 aromatic carbocycles. The molecule has 1 aromatic heterocycles. The molecule has 2 N–H and O–H groups in total. The number of rotatable bonds is 3. The minimum Gasteiger partial charge on any atom is -0.506 e. The standard InChI is InChI=1S/C12H10F2N2O/c13-10-2-1-3-11(14)12(10)16-6-8-4-5-9(17)7-15-8/h1-5,7,16-17H,6H2. The summed E-state index contributed by atoms with van der Waals surface area (Å²) in [5.41, 5.74) is 0.396. The first-order valence-corrected chi connectivity index (χ1v) is 4.98. The molecule has 17 heavy (non-hydrogen) atoms. The van der Waals surface area contributed by atoms with Crippen molar-refractivity contribution in [1.29, 1.82) is 0 Å². The van der Waals surface area contributed by atoms with Gasteiger partial charge < -0.3 is 10.4 Å². The topological polar surface area (TPSA) is 45.1 Å². The summed E-state index contributed by atoms with van der Waals surface area (Å²) in [6.45, 7) is 0.179. The average molecular weight is 236 g/mol. The lowest BCUT2D eigenvalue weighted by atomic mass is 10.2. The quantitative estimate of drug-likeness (QED) is 0.861. The maximum Gasteiger partial charge on any atom is 0.149 e. The van der Waals surface area contributed by atoms with Gasteiger partial charge in [-0.25, -0.2) is 8.78 Å². The van der Waals surface area contributed by atoms with E-state index in [2.05, 4.69) is 10.3 Å². The third-order valence-electron chi connectivity index (χ3n) is 2.22. The number of pyridine rings is 1. The summed E-state index contributed by atoms with van der Waals surface area (Å²) in [4.78, 5) is 3.90. The van der Waals surface area contributed by atoms with E-state index >= 15 is 0 Å². The van der Waals surface area contributed by atoms with Crippen LogP contribution in [0.3, 0.4) is 0 Å². The monoisotopic (exact) mass is 236 g/mol. The second-order valence-corrected chi connectivity index (χ2v) is 3.46. The number of halogens is 2. The second-order valence-electron chi connectivity index (χ2n) is 3.46. The maximum atomic E-state index is 13.3. The Kier molecular flexibility index (Phi) is 3.18. The smallest absolute Gasteiger partial charge is 0.149 e. The van der Waals surface area contributed by atoms with Crippen LogP contribution >= 0.6 is 0 Å². The molecule has 88 valence electrons. The predicted octanol–water partition coefficient (Wildman–Crippen LogP) is 2.68. The van der Waals surface area contributed by atoms with Crippen molar-refractivity contribution >= 4 is 5.69 Å². The van der Waals surface area contributed by atoms with Gasteiger partial charge in [0.05, 0.1) is 18.4 Å². The van der Waals surface area contributed by atoms with E-state index in [1.807, 2.05) is 0 Å². The van der Waals surface area contributed by atoms with Crippen molar-refractivity contribution < 1.29 is 13.9 Å². The Hall–Kier alpha value is -2.17. The van der Waals surface area contributed by atoms with E-state index in [4.69, 9.17) is 5.11 Å². The summed E-state index contributed by atoms with van der Waals surface area (Å²) >= 11 is 0. The third kappa shape index (κ3) is 2.69. The Morgan fingerprint density at radius 1 is 1.12 bits per heavy atom. The van der Waals surface area contributed by atoms with Gasteiger partial charge in [-0.1, -0.05) is 6.07 Å². The number of hydrogen-bond acceptors (Lipinski definition) is 3. The van der Waals surface area contributed by atoms with Crippen LogP contribution in [0.25, 0.3) is 0 Å². The molecule has 3 nitrogen and oxygen atoms in total. The van der Waals surface area contributed by atoms with Gasteiger partial charge >= 0.3 is 0 Å². The number of aromatic nitrogens is 1. The summed E-state index contributed by atoms with van der Waals surface area (Å²) in [6, 6.07) is 6.68. The molecular formula is C12H10F2N2O. The molecule has 0 saturated heterocycles. The van der Waals surface area contributed by atoms with Gasteiger partial charge in [-0.15, -0.1) is 0 Å². The van der Waals surface area contributed by atoms with Crippen LogP contribution in [0, 0.1) is 11.6 Å². The van der Waals surface area contributed by atoms with Crippen LogP contribution in [0.1, 0.15) is 5.69 Å². The molecule has 0 bridgehead atoms. The minimum absolute atomic E-state index is 0.0471. The molecule has 0 aliphatic rings. The number of para-hydroxylation sites is 1. The Morgan fingerprint density at radius 2 is 1.82 bits per heavy atom. The highest BCUT2D eigenvalue weighted by Crippen LogP contribution is 2.18. The van der Waals surface area contributed by atoms with Gasteiger partial charge in [0.2, 0.25) is 0 Å². The Bertz CT molecular complexity index is 494. The Morgan fingerprint density at radius 3 is 2.41 bits per heavy atom. The van der Waals surface area contributed by atoms with Crippen LogP contribution in [-0.2, 0) is 6.54 Å². The normalized spacial score (nSPS) is 10.2. The van der Waals surface area contributed by atoms with Crippen molar-refractivity contribution in [2.45, 2.75) is 6.54 Å². The summed E-state index contributed by atoms with van der Waals surface area (Å²) in [6.07, 6.45) is 1.27. The lowest BCUT2D eigenvalue weighted by Gasteiger charge is -2.07. The molecule has 0 aliphatic carbocycles. The summed E-state index contributed by atoms with van der Waals surface area (Å²) in [5.74, 6) is -1.25. The zero-order valence-electron chi connectivity index (χ0n) is 8.82. The van der Waals surface area contributed by atoms with Crippen LogP contribution in [0.15, 0.2) is 36.5 Å². The zero-order chi connectivity index (χ0) is 12.3. The zero-order valence-corrected chi connectivity index (χ0v) is 8.82. The average Bonchev–Trinajstić information content (AvgIpc) is 2.31. The molecule has 1 heterocycles. The van der Waals surface area contributed by atoms with Gasteiger partial charge in [0, 0.05) is 0 Å². The number of nitrogens with zero attached hydrogens (tertiary/aromatic N) is 1. The lowest BCUT2D eigenvalue weighted by molar-refractivity contribution is 0.472. The van der Waals surface area contributed by atoms with E-state index in [1.54, 1.807) is 6.07 Å². The van der Waals surface area contributed by atoms with E-state index < -0.39 is 11.6 Å². The van der Waals surface area contributed by atoms with Gasteiger partial charge in [-0.3, -0.25) is 4.98 Å². The number of hydrogen-bond donors (Lipinski definition) is 2. The first-order valence-electron chi connectivity index (χ1n) is 4.98. The minimum atomic E-state index is -0.649.